The maximum atomic E-state index is 11.4. The molecule has 0 bridgehead atoms. The molecule has 92 valence electrons. The molecule has 0 radical (unpaired) electrons. The molecule has 1 saturated carbocycles. The molecule has 0 saturated heterocycles. The van der Waals surface area contributed by atoms with Gasteiger partial charge in [0.25, 0.3) is 0 Å². The Morgan fingerprint density at radius 1 is 1.53 bits per heavy atom. The Balaban J connectivity index is 2.12. The first-order valence-electron chi connectivity index (χ1n) is 6.32. The number of pyridine rings is 1. The third-order valence-electron chi connectivity index (χ3n) is 3.82. The summed E-state index contributed by atoms with van der Waals surface area (Å²) >= 11 is 0. The van der Waals surface area contributed by atoms with Gasteiger partial charge in [-0.15, -0.1) is 0 Å². The van der Waals surface area contributed by atoms with E-state index in [4.69, 9.17) is 0 Å². The van der Waals surface area contributed by atoms with Crippen LogP contribution in [0.5, 0.6) is 0 Å². The quantitative estimate of drug-likeness (QED) is 0.870. The van der Waals surface area contributed by atoms with E-state index in [0.29, 0.717) is 12.3 Å². The Bertz CT molecular complexity index is 397. The van der Waals surface area contributed by atoms with Crippen molar-refractivity contribution in [3.05, 3.63) is 29.6 Å². The van der Waals surface area contributed by atoms with Gasteiger partial charge in [-0.05, 0) is 37.3 Å². The molecule has 1 aliphatic rings. The number of aryl methyl sites for hydroxylation is 1. The van der Waals surface area contributed by atoms with E-state index in [2.05, 4.69) is 4.98 Å². The minimum atomic E-state index is -0.665. The summed E-state index contributed by atoms with van der Waals surface area (Å²) in [5, 5.41) is 9.36. The van der Waals surface area contributed by atoms with Crippen LogP contribution in [0.4, 0.5) is 0 Å². The van der Waals surface area contributed by atoms with Crippen LogP contribution in [0.3, 0.4) is 0 Å². The molecule has 1 heterocycles. The van der Waals surface area contributed by atoms with Crippen molar-refractivity contribution in [2.75, 3.05) is 0 Å². The van der Waals surface area contributed by atoms with Crippen molar-refractivity contribution in [2.24, 2.45) is 11.8 Å². The smallest absolute Gasteiger partial charge is 0.307 e. The molecular weight excluding hydrogens is 214 g/mol. The van der Waals surface area contributed by atoms with Gasteiger partial charge in [-0.2, -0.15) is 0 Å². The van der Waals surface area contributed by atoms with Crippen LogP contribution in [0.15, 0.2) is 18.3 Å². The van der Waals surface area contributed by atoms with E-state index in [1.54, 1.807) is 6.20 Å². The van der Waals surface area contributed by atoms with Crippen LogP contribution in [0.25, 0.3) is 0 Å². The summed E-state index contributed by atoms with van der Waals surface area (Å²) < 4.78 is 0. The van der Waals surface area contributed by atoms with Crippen molar-refractivity contribution in [1.82, 2.24) is 4.98 Å². The molecule has 1 aromatic heterocycles. The second kappa shape index (κ2) is 5.30. The van der Waals surface area contributed by atoms with Gasteiger partial charge in [0.05, 0.1) is 5.92 Å². The Kier molecular flexibility index (Phi) is 3.77. The van der Waals surface area contributed by atoms with Crippen molar-refractivity contribution in [1.29, 1.82) is 0 Å². The lowest BCUT2D eigenvalue weighted by Crippen LogP contribution is -2.24. The third kappa shape index (κ3) is 2.84. The molecule has 1 aromatic rings. The molecule has 1 unspecified atom stereocenters. The second-order valence-electron chi connectivity index (χ2n) is 4.96. The van der Waals surface area contributed by atoms with Gasteiger partial charge in [0, 0.05) is 18.3 Å². The van der Waals surface area contributed by atoms with Gasteiger partial charge < -0.3 is 5.11 Å². The van der Waals surface area contributed by atoms with E-state index in [1.165, 1.54) is 12.8 Å². The minimum absolute atomic E-state index is 0.258. The summed E-state index contributed by atoms with van der Waals surface area (Å²) in [6, 6.07) is 3.89. The molecule has 0 aromatic carbocycles. The second-order valence-corrected chi connectivity index (χ2v) is 4.96. The van der Waals surface area contributed by atoms with Crippen molar-refractivity contribution < 1.29 is 9.90 Å². The lowest BCUT2D eigenvalue weighted by molar-refractivity contribution is -0.143. The number of carboxylic acid groups (broad SMARTS) is 1. The van der Waals surface area contributed by atoms with Gasteiger partial charge in [-0.3, -0.25) is 9.78 Å². The molecule has 0 spiro atoms. The molecule has 3 nitrogen and oxygen atoms in total. The summed E-state index contributed by atoms with van der Waals surface area (Å²) in [6.07, 6.45) is 6.79. The molecule has 0 amide bonds. The summed E-state index contributed by atoms with van der Waals surface area (Å²) in [5.41, 5.74) is 2.03. The SMILES string of the molecule is Cc1cccnc1CC(C(=O)O)C1CCCC1. The number of carbonyl (C=O) groups is 1. The van der Waals surface area contributed by atoms with Crippen molar-refractivity contribution in [2.45, 2.75) is 39.0 Å². The van der Waals surface area contributed by atoms with E-state index >= 15 is 0 Å². The first-order valence-corrected chi connectivity index (χ1v) is 6.32. The van der Waals surface area contributed by atoms with Crippen molar-refractivity contribution in [3.63, 3.8) is 0 Å². The predicted octanol–water partition coefficient (Wildman–Crippen LogP) is 2.82. The summed E-state index contributed by atoms with van der Waals surface area (Å²) in [5.74, 6) is -0.582. The normalized spacial score (nSPS) is 18.2. The number of hydrogen-bond acceptors (Lipinski definition) is 2. The zero-order valence-electron chi connectivity index (χ0n) is 10.2. The zero-order valence-corrected chi connectivity index (χ0v) is 10.2. The Labute approximate surface area is 102 Å². The van der Waals surface area contributed by atoms with Crippen LogP contribution in [0.2, 0.25) is 0 Å². The van der Waals surface area contributed by atoms with Gasteiger partial charge >= 0.3 is 5.97 Å². The summed E-state index contributed by atoms with van der Waals surface area (Å²) in [6.45, 7) is 2.00. The van der Waals surface area contributed by atoms with Crippen LogP contribution < -0.4 is 0 Å². The highest BCUT2D eigenvalue weighted by molar-refractivity contribution is 5.70. The Morgan fingerprint density at radius 2 is 2.24 bits per heavy atom. The van der Waals surface area contributed by atoms with E-state index in [1.807, 2.05) is 19.1 Å². The number of aliphatic carboxylic acids is 1. The number of rotatable bonds is 4. The van der Waals surface area contributed by atoms with Crippen molar-refractivity contribution in [3.8, 4) is 0 Å². The molecule has 2 rings (SSSR count). The highest BCUT2D eigenvalue weighted by Gasteiger charge is 2.31. The number of nitrogens with zero attached hydrogens (tertiary/aromatic N) is 1. The average Bonchev–Trinajstić information content (AvgIpc) is 2.81. The van der Waals surface area contributed by atoms with Crippen LogP contribution in [-0.4, -0.2) is 16.1 Å². The number of aromatic nitrogens is 1. The molecule has 0 aliphatic heterocycles. The van der Waals surface area contributed by atoms with Gasteiger partial charge in [0.1, 0.15) is 0 Å². The molecule has 1 N–H and O–H groups in total. The summed E-state index contributed by atoms with van der Waals surface area (Å²) in [7, 11) is 0. The molecule has 1 atom stereocenters. The molecule has 17 heavy (non-hydrogen) atoms. The third-order valence-corrected chi connectivity index (χ3v) is 3.82. The first-order chi connectivity index (χ1) is 8.18. The Hall–Kier alpha value is -1.38. The van der Waals surface area contributed by atoms with Crippen LogP contribution >= 0.6 is 0 Å². The highest BCUT2D eigenvalue weighted by Crippen LogP contribution is 2.33. The van der Waals surface area contributed by atoms with Gasteiger partial charge in [-0.25, -0.2) is 0 Å². The van der Waals surface area contributed by atoms with Crippen LogP contribution in [0.1, 0.15) is 36.9 Å². The van der Waals surface area contributed by atoms with E-state index in [-0.39, 0.29) is 5.92 Å². The average molecular weight is 233 g/mol. The fraction of sp³-hybridized carbons (Fsp3) is 0.571. The van der Waals surface area contributed by atoms with E-state index < -0.39 is 5.97 Å². The number of hydrogen-bond donors (Lipinski definition) is 1. The number of carboxylic acids is 1. The molecular formula is C14H19NO2. The predicted molar refractivity (Wildman–Crippen MR) is 65.8 cm³/mol. The van der Waals surface area contributed by atoms with Crippen molar-refractivity contribution >= 4 is 5.97 Å². The highest BCUT2D eigenvalue weighted by atomic mass is 16.4. The van der Waals surface area contributed by atoms with E-state index in [9.17, 15) is 9.90 Å². The van der Waals surface area contributed by atoms with Gasteiger partial charge in [-0.1, -0.05) is 18.9 Å². The fourth-order valence-electron chi connectivity index (χ4n) is 2.76. The van der Waals surface area contributed by atoms with Gasteiger partial charge in [0.2, 0.25) is 0 Å². The van der Waals surface area contributed by atoms with Crippen LogP contribution in [-0.2, 0) is 11.2 Å². The minimum Gasteiger partial charge on any atom is -0.481 e. The van der Waals surface area contributed by atoms with Gasteiger partial charge in [0.15, 0.2) is 0 Å². The largest absolute Gasteiger partial charge is 0.481 e. The fourth-order valence-corrected chi connectivity index (χ4v) is 2.76. The molecule has 1 aliphatic carbocycles. The molecule has 1 fully saturated rings. The van der Waals surface area contributed by atoms with E-state index in [0.717, 1.165) is 24.1 Å². The zero-order chi connectivity index (χ0) is 12.3. The monoisotopic (exact) mass is 233 g/mol. The maximum Gasteiger partial charge on any atom is 0.307 e. The topological polar surface area (TPSA) is 50.2 Å². The van der Waals surface area contributed by atoms with Crippen LogP contribution in [0, 0.1) is 18.8 Å². The Morgan fingerprint density at radius 3 is 2.82 bits per heavy atom. The lowest BCUT2D eigenvalue weighted by Gasteiger charge is -2.19. The molecule has 3 heteroatoms. The summed E-state index contributed by atoms with van der Waals surface area (Å²) in [4.78, 5) is 15.7. The lowest BCUT2D eigenvalue weighted by atomic mass is 9.86. The first kappa shape index (κ1) is 12.1. The maximum absolute atomic E-state index is 11.4. The standard InChI is InChI=1S/C14H19NO2/c1-10-5-4-8-15-13(10)9-12(14(16)17)11-6-2-3-7-11/h4-5,8,11-12H,2-3,6-7,9H2,1H3,(H,16,17).